The van der Waals surface area contributed by atoms with Crippen molar-refractivity contribution in [3.63, 3.8) is 0 Å². The van der Waals surface area contributed by atoms with Crippen LogP contribution in [0.15, 0.2) is 12.1 Å². The quantitative estimate of drug-likeness (QED) is 0.623. The van der Waals surface area contributed by atoms with Gasteiger partial charge in [0.05, 0.1) is 0 Å². The molecule has 0 amide bonds. The Morgan fingerprint density at radius 1 is 1.15 bits per heavy atom. The lowest BCUT2D eigenvalue weighted by atomic mass is 10.1. The van der Waals surface area contributed by atoms with Gasteiger partial charge in [0.2, 0.25) is 0 Å². The van der Waals surface area contributed by atoms with Crippen LogP contribution in [0.2, 0.25) is 0 Å². The van der Waals surface area contributed by atoms with Crippen molar-refractivity contribution in [3.8, 4) is 6.07 Å². The molecule has 0 unspecified atom stereocenters. The number of halogens is 4. The van der Waals surface area contributed by atoms with E-state index in [9.17, 15) is 17.6 Å². The van der Waals surface area contributed by atoms with Gasteiger partial charge in [0.15, 0.2) is 0 Å². The van der Waals surface area contributed by atoms with Crippen molar-refractivity contribution >= 4 is 0 Å². The van der Waals surface area contributed by atoms with Gasteiger partial charge in [0.25, 0.3) is 6.43 Å². The Morgan fingerprint density at radius 3 is 1.92 bits per heavy atom. The highest BCUT2D eigenvalue weighted by Gasteiger charge is 2.15. The maximum atomic E-state index is 12.7. The van der Waals surface area contributed by atoms with Gasteiger partial charge >= 0.3 is 0 Å². The third-order valence-corrected chi connectivity index (χ3v) is 1.43. The molecule has 68 valence electrons. The summed E-state index contributed by atoms with van der Waals surface area (Å²) in [4.78, 5) is 0. The highest BCUT2D eigenvalue weighted by molar-refractivity contribution is 5.35. The SMILES string of the molecule is N#Cc1c(F)cc(C(F)F)cc1F. The third kappa shape index (κ3) is 1.78. The summed E-state index contributed by atoms with van der Waals surface area (Å²) in [5.41, 5.74) is -1.61. The lowest BCUT2D eigenvalue weighted by molar-refractivity contribution is 0.150. The summed E-state index contributed by atoms with van der Waals surface area (Å²) >= 11 is 0. The van der Waals surface area contributed by atoms with Crippen LogP contribution >= 0.6 is 0 Å². The Kier molecular flexibility index (Phi) is 2.52. The number of alkyl halides is 2. The van der Waals surface area contributed by atoms with Gasteiger partial charge in [-0.1, -0.05) is 0 Å². The smallest absolute Gasteiger partial charge is 0.205 e. The van der Waals surface area contributed by atoms with Crippen LogP contribution in [0.5, 0.6) is 0 Å². The van der Waals surface area contributed by atoms with Gasteiger partial charge < -0.3 is 0 Å². The van der Waals surface area contributed by atoms with Crippen LogP contribution in [0.3, 0.4) is 0 Å². The van der Waals surface area contributed by atoms with E-state index in [4.69, 9.17) is 5.26 Å². The minimum absolute atomic E-state index is 0.451. The lowest BCUT2D eigenvalue weighted by Crippen LogP contribution is -1.94. The number of hydrogen-bond donors (Lipinski definition) is 0. The molecule has 13 heavy (non-hydrogen) atoms. The normalized spacial score (nSPS) is 10.2. The maximum Gasteiger partial charge on any atom is 0.264 e. The average Bonchev–Trinajstić information content (AvgIpc) is 2.03. The number of nitrogens with zero attached hydrogens (tertiary/aromatic N) is 1. The predicted octanol–water partition coefficient (Wildman–Crippen LogP) is 2.77. The average molecular weight is 189 g/mol. The van der Waals surface area contributed by atoms with E-state index < -0.39 is 29.2 Å². The Morgan fingerprint density at radius 2 is 1.62 bits per heavy atom. The number of rotatable bonds is 1. The number of nitriles is 1. The fourth-order valence-corrected chi connectivity index (χ4v) is 0.826. The van der Waals surface area contributed by atoms with Crippen molar-refractivity contribution in [2.24, 2.45) is 0 Å². The molecule has 0 aromatic heterocycles. The van der Waals surface area contributed by atoms with Crippen LogP contribution in [0, 0.1) is 23.0 Å². The Balaban J connectivity index is 3.30. The van der Waals surface area contributed by atoms with Crippen LogP contribution in [-0.2, 0) is 0 Å². The largest absolute Gasteiger partial charge is 0.264 e. The van der Waals surface area contributed by atoms with Crippen molar-refractivity contribution in [1.29, 1.82) is 5.26 Å². The minimum Gasteiger partial charge on any atom is -0.205 e. The van der Waals surface area contributed by atoms with Crippen LogP contribution in [-0.4, -0.2) is 0 Å². The van der Waals surface area contributed by atoms with Crippen molar-refractivity contribution in [3.05, 3.63) is 34.9 Å². The molecule has 0 radical (unpaired) electrons. The van der Waals surface area contributed by atoms with Crippen LogP contribution in [0.4, 0.5) is 17.6 Å². The van der Waals surface area contributed by atoms with Gasteiger partial charge in [-0.25, -0.2) is 17.6 Å². The van der Waals surface area contributed by atoms with Crippen LogP contribution in [0.1, 0.15) is 17.6 Å². The predicted molar refractivity (Wildman–Crippen MR) is 36.0 cm³/mol. The van der Waals surface area contributed by atoms with E-state index in [1.165, 1.54) is 6.07 Å². The second kappa shape index (κ2) is 3.44. The summed E-state index contributed by atoms with van der Waals surface area (Å²) in [7, 11) is 0. The zero-order valence-electron chi connectivity index (χ0n) is 6.19. The first-order valence-electron chi connectivity index (χ1n) is 3.23. The summed E-state index contributed by atoms with van der Waals surface area (Å²) in [6.45, 7) is 0. The monoisotopic (exact) mass is 189 g/mol. The first kappa shape index (κ1) is 9.52. The fourth-order valence-electron chi connectivity index (χ4n) is 0.826. The summed E-state index contributed by atoms with van der Waals surface area (Å²) < 4.78 is 49.2. The molecule has 0 bridgehead atoms. The Bertz CT molecular complexity index is 344. The molecular formula is C8H3F4N. The van der Waals surface area contributed by atoms with Crippen molar-refractivity contribution < 1.29 is 17.6 Å². The number of hydrogen-bond acceptors (Lipinski definition) is 1. The molecular weight excluding hydrogens is 186 g/mol. The molecule has 0 spiro atoms. The minimum atomic E-state index is -2.95. The molecule has 0 N–H and O–H groups in total. The van der Waals surface area contributed by atoms with E-state index in [-0.39, 0.29) is 0 Å². The molecule has 1 rings (SSSR count). The lowest BCUT2D eigenvalue weighted by Gasteiger charge is -2.01. The van der Waals surface area contributed by atoms with E-state index in [2.05, 4.69) is 0 Å². The third-order valence-electron chi connectivity index (χ3n) is 1.43. The molecule has 0 saturated heterocycles. The van der Waals surface area contributed by atoms with E-state index in [0.29, 0.717) is 12.1 Å². The summed E-state index contributed by atoms with van der Waals surface area (Å²) in [5.74, 6) is -2.53. The van der Waals surface area contributed by atoms with Crippen molar-refractivity contribution in [1.82, 2.24) is 0 Å². The van der Waals surface area contributed by atoms with Crippen LogP contribution < -0.4 is 0 Å². The standard InChI is InChI=1S/C8H3F4N/c9-6-1-4(8(11)12)2-7(10)5(6)3-13/h1-2,8H. The topological polar surface area (TPSA) is 23.8 Å². The second-order valence-electron chi connectivity index (χ2n) is 2.27. The molecule has 1 aromatic carbocycles. The van der Waals surface area contributed by atoms with Gasteiger partial charge in [-0.05, 0) is 12.1 Å². The van der Waals surface area contributed by atoms with Gasteiger partial charge in [-0.3, -0.25) is 0 Å². The van der Waals surface area contributed by atoms with Gasteiger partial charge in [0, 0.05) is 5.56 Å². The molecule has 0 fully saturated rings. The number of benzene rings is 1. The molecule has 1 aromatic rings. The summed E-state index contributed by atoms with van der Waals surface area (Å²) in [5, 5.41) is 8.21. The highest BCUT2D eigenvalue weighted by Crippen LogP contribution is 2.22. The van der Waals surface area contributed by atoms with E-state index >= 15 is 0 Å². The van der Waals surface area contributed by atoms with Crippen molar-refractivity contribution in [2.45, 2.75) is 6.43 Å². The van der Waals surface area contributed by atoms with Gasteiger partial charge in [-0.2, -0.15) is 5.26 Å². The molecule has 0 aliphatic heterocycles. The second-order valence-corrected chi connectivity index (χ2v) is 2.27. The van der Waals surface area contributed by atoms with E-state index in [1.807, 2.05) is 0 Å². The summed E-state index contributed by atoms with van der Waals surface area (Å²) in [6.07, 6.45) is -2.95. The van der Waals surface area contributed by atoms with E-state index in [1.54, 1.807) is 0 Å². The summed E-state index contributed by atoms with van der Waals surface area (Å²) in [6, 6.07) is 2.14. The molecule has 0 saturated carbocycles. The van der Waals surface area contributed by atoms with E-state index in [0.717, 1.165) is 0 Å². The molecule has 0 heterocycles. The first-order chi connectivity index (χ1) is 6.06. The zero-order valence-corrected chi connectivity index (χ0v) is 6.19. The molecule has 0 aliphatic carbocycles. The zero-order chi connectivity index (χ0) is 10.0. The molecule has 0 atom stereocenters. The molecule has 1 nitrogen and oxygen atoms in total. The Hall–Kier alpha value is -1.57. The van der Waals surface area contributed by atoms with Gasteiger partial charge in [0.1, 0.15) is 23.3 Å². The maximum absolute atomic E-state index is 12.7. The highest BCUT2D eigenvalue weighted by atomic mass is 19.3. The van der Waals surface area contributed by atoms with Gasteiger partial charge in [-0.15, -0.1) is 0 Å². The Labute approximate surface area is 71.2 Å². The van der Waals surface area contributed by atoms with Crippen LogP contribution in [0.25, 0.3) is 0 Å². The molecule has 0 aliphatic rings. The van der Waals surface area contributed by atoms with Crippen molar-refractivity contribution in [2.75, 3.05) is 0 Å². The fraction of sp³-hybridized carbons (Fsp3) is 0.125. The first-order valence-corrected chi connectivity index (χ1v) is 3.23. The molecule has 5 heteroatoms.